The van der Waals surface area contributed by atoms with Crippen LogP contribution in [-0.4, -0.2) is 12.1 Å². The van der Waals surface area contributed by atoms with Gasteiger partial charge in [0.15, 0.2) is 0 Å². The Kier molecular flexibility index (Phi) is 3.67. The van der Waals surface area contributed by atoms with Gasteiger partial charge in [0, 0.05) is 18.2 Å². The number of ether oxygens (including phenoxy) is 1. The van der Waals surface area contributed by atoms with Gasteiger partial charge in [0.25, 0.3) is 0 Å². The van der Waals surface area contributed by atoms with E-state index in [0.717, 1.165) is 48.6 Å². The number of hydrogen-bond acceptors (Lipinski definition) is 3. The van der Waals surface area contributed by atoms with Crippen LogP contribution in [0.3, 0.4) is 0 Å². The van der Waals surface area contributed by atoms with Gasteiger partial charge in [0.2, 0.25) is 0 Å². The van der Waals surface area contributed by atoms with Crippen molar-refractivity contribution in [2.75, 3.05) is 0 Å². The molecule has 3 rings (SSSR count). The molecule has 1 aliphatic heterocycles. The van der Waals surface area contributed by atoms with Gasteiger partial charge in [0.1, 0.15) is 5.75 Å². The molecular weight excluding hydrogens is 260 g/mol. The molecule has 0 unspecified atom stereocenters. The molecule has 2 aliphatic rings. The molecule has 3 N–H and O–H groups in total. The fourth-order valence-corrected chi connectivity index (χ4v) is 3.03. The summed E-state index contributed by atoms with van der Waals surface area (Å²) < 4.78 is 6.06. The Morgan fingerprint density at radius 1 is 1.21 bits per heavy atom. The second-order valence-corrected chi connectivity index (χ2v) is 5.70. The van der Waals surface area contributed by atoms with Crippen LogP contribution in [0.25, 0.3) is 6.08 Å². The topological polar surface area (TPSA) is 47.3 Å². The lowest BCUT2D eigenvalue weighted by Gasteiger charge is -2.27. The number of hydrogen-bond donors (Lipinski definition) is 2. The highest BCUT2D eigenvalue weighted by molar-refractivity contribution is 6.33. The van der Waals surface area contributed by atoms with Crippen molar-refractivity contribution in [3.8, 4) is 5.75 Å². The highest BCUT2D eigenvalue weighted by atomic mass is 35.5. The Hall–Kier alpha value is -1.19. The van der Waals surface area contributed by atoms with Crippen molar-refractivity contribution in [3.05, 3.63) is 34.5 Å². The van der Waals surface area contributed by atoms with Crippen LogP contribution >= 0.6 is 11.6 Å². The lowest BCUT2D eigenvalue weighted by atomic mass is 9.93. The van der Waals surface area contributed by atoms with Crippen LogP contribution in [0.5, 0.6) is 5.75 Å². The van der Waals surface area contributed by atoms with Crippen molar-refractivity contribution in [3.63, 3.8) is 0 Å². The SMILES string of the molecule is NC1CCC(Oc2ccc3c(c2Cl)C=CNC3)CC1. The van der Waals surface area contributed by atoms with Gasteiger partial charge in [-0.25, -0.2) is 0 Å². The Morgan fingerprint density at radius 3 is 2.79 bits per heavy atom. The van der Waals surface area contributed by atoms with Gasteiger partial charge in [0.05, 0.1) is 11.1 Å². The third-order valence-corrected chi connectivity index (χ3v) is 4.30. The highest BCUT2D eigenvalue weighted by Gasteiger charge is 2.21. The summed E-state index contributed by atoms with van der Waals surface area (Å²) in [7, 11) is 0. The lowest BCUT2D eigenvalue weighted by molar-refractivity contribution is 0.147. The van der Waals surface area contributed by atoms with Crippen LogP contribution in [-0.2, 0) is 6.54 Å². The van der Waals surface area contributed by atoms with E-state index >= 15 is 0 Å². The molecule has 0 aromatic heterocycles. The minimum Gasteiger partial charge on any atom is -0.489 e. The summed E-state index contributed by atoms with van der Waals surface area (Å²) in [6.07, 6.45) is 8.30. The van der Waals surface area contributed by atoms with E-state index in [1.54, 1.807) is 0 Å². The first-order valence-corrected chi connectivity index (χ1v) is 7.25. The van der Waals surface area contributed by atoms with E-state index in [9.17, 15) is 0 Å². The second kappa shape index (κ2) is 5.43. The Morgan fingerprint density at radius 2 is 2.00 bits per heavy atom. The van der Waals surface area contributed by atoms with Crippen LogP contribution in [0.15, 0.2) is 18.3 Å². The van der Waals surface area contributed by atoms with Crippen molar-refractivity contribution >= 4 is 17.7 Å². The quantitative estimate of drug-likeness (QED) is 0.874. The Bertz CT molecular complexity index is 493. The summed E-state index contributed by atoms with van der Waals surface area (Å²) in [5, 5.41) is 3.91. The summed E-state index contributed by atoms with van der Waals surface area (Å²) in [6.45, 7) is 0.824. The van der Waals surface area contributed by atoms with E-state index in [4.69, 9.17) is 22.1 Å². The van der Waals surface area contributed by atoms with Crippen molar-refractivity contribution in [1.29, 1.82) is 0 Å². The number of benzene rings is 1. The van der Waals surface area contributed by atoms with Gasteiger partial charge in [-0.1, -0.05) is 17.7 Å². The van der Waals surface area contributed by atoms with Gasteiger partial charge >= 0.3 is 0 Å². The summed E-state index contributed by atoms with van der Waals surface area (Å²) in [6, 6.07) is 4.41. The van der Waals surface area contributed by atoms with E-state index < -0.39 is 0 Å². The molecule has 1 aliphatic carbocycles. The van der Waals surface area contributed by atoms with Crippen molar-refractivity contribution < 1.29 is 4.74 Å². The monoisotopic (exact) mass is 278 g/mol. The maximum Gasteiger partial charge on any atom is 0.138 e. The molecule has 0 radical (unpaired) electrons. The molecule has 3 nitrogen and oxygen atoms in total. The standard InChI is InChI=1S/C15H19ClN2O/c16-15-13-7-8-18-9-10(13)1-6-14(15)19-12-4-2-11(17)3-5-12/h1,6-8,11-12,18H,2-5,9,17H2. The van der Waals surface area contributed by atoms with Crippen LogP contribution in [0.2, 0.25) is 5.02 Å². The zero-order valence-electron chi connectivity index (χ0n) is 10.9. The average molecular weight is 279 g/mol. The summed E-state index contributed by atoms with van der Waals surface area (Å²) in [5.74, 6) is 0.799. The zero-order valence-corrected chi connectivity index (χ0v) is 11.6. The number of nitrogens with two attached hydrogens (primary N) is 1. The Labute approximate surface area is 118 Å². The molecule has 1 aromatic carbocycles. The number of fused-ring (bicyclic) bond motifs is 1. The highest BCUT2D eigenvalue weighted by Crippen LogP contribution is 2.35. The van der Waals surface area contributed by atoms with Crippen LogP contribution in [0, 0.1) is 0 Å². The van der Waals surface area contributed by atoms with Crippen molar-refractivity contribution in [2.45, 2.75) is 44.4 Å². The smallest absolute Gasteiger partial charge is 0.138 e. The number of nitrogens with one attached hydrogen (secondary N) is 1. The summed E-state index contributed by atoms with van der Waals surface area (Å²) in [4.78, 5) is 0. The van der Waals surface area contributed by atoms with E-state index in [2.05, 4.69) is 11.4 Å². The van der Waals surface area contributed by atoms with E-state index in [-0.39, 0.29) is 6.10 Å². The van der Waals surface area contributed by atoms with Gasteiger partial charge in [-0.2, -0.15) is 0 Å². The maximum atomic E-state index is 6.45. The third kappa shape index (κ3) is 2.72. The molecular formula is C15H19ClN2O. The van der Waals surface area contributed by atoms with Crippen LogP contribution < -0.4 is 15.8 Å². The third-order valence-electron chi connectivity index (χ3n) is 3.91. The lowest BCUT2D eigenvalue weighted by Crippen LogP contribution is -2.31. The molecule has 0 amide bonds. The van der Waals surface area contributed by atoms with Gasteiger partial charge in [-0.15, -0.1) is 0 Å². The first-order chi connectivity index (χ1) is 9.24. The average Bonchev–Trinajstić information content (AvgIpc) is 2.45. The van der Waals surface area contributed by atoms with E-state index in [1.807, 2.05) is 18.3 Å². The van der Waals surface area contributed by atoms with Crippen LogP contribution in [0.4, 0.5) is 0 Å². The molecule has 1 heterocycles. The predicted octanol–water partition coefficient (Wildman–Crippen LogP) is 3.06. The second-order valence-electron chi connectivity index (χ2n) is 5.32. The molecule has 102 valence electrons. The number of halogens is 1. The molecule has 19 heavy (non-hydrogen) atoms. The van der Waals surface area contributed by atoms with Crippen molar-refractivity contribution in [2.24, 2.45) is 5.73 Å². The Balaban J connectivity index is 1.77. The van der Waals surface area contributed by atoms with Crippen molar-refractivity contribution in [1.82, 2.24) is 5.32 Å². The molecule has 1 fully saturated rings. The largest absolute Gasteiger partial charge is 0.489 e. The molecule has 0 atom stereocenters. The molecule has 0 bridgehead atoms. The van der Waals surface area contributed by atoms with Gasteiger partial charge in [-0.05, 0) is 49.6 Å². The summed E-state index contributed by atoms with van der Waals surface area (Å²) in [5.41, 5.74) is 8.20. The predicted molar refractivity (Wildman–Crippen MR) is 78.2 cm³/mol. The minimum atomic E-state index is 0.251. The molecule has 4 heteroatoms. The molecule has 0 saturated heterocycles. The van der Waals surface area contributed by atoms with Crippen LogP contribution in [0.1, 0.15) is 36.8 Å². The summed E-state index contributed by atoms with van der Waals surface area (Å²) >= 11 is 6.45. The normalized spacial score (nSPS) is 25.6. The van der Waals surface area contributed by atoms with Gasteiger partial charge < -0.3 is 15.8 Å². The molecule has 0 spiro atoms. The zero-order chi connectivity index (χ0) is 13.2. The first-order valence-electron chi connectivity index (χ1n) is 6.87. The fraction of sp³-hybridized carbons (Fsp3) is 0.467. The first kappa shape index (κ1) is 12.8. The van der Waals surface area contributed by atoms with E-state index in [0.29, 0.717) is 6.04 Å². The van der Waals surface area contributed by atoms with E-state index in [1.165, 1.54) is 5.56 Å². The van der Waals surface area contributed by atoms with Gasteiger partial charge in [-0.3, -0.25) is 0 Å². The fourth-order valence-electron chi connectivity index (χ4n) is 2.74. The molecule has 1 saturated carbocycles. The number of rotatable bonds is 2. The molecule has 1 aromatic rings. The maximum absolute atomic E-state index is 6.45. The minimum absolute atomic E-state index is 0.251.